The highest BCUT2D eigenvalue weighted by molar-refractivity contribution is 7.17. The molecule has 1 N–H and O–H groups in total. The molecule has 0 spiro atoms. The van der Waals surface area contributed by atoms with Gasteiger partial charge in [-0.05, 0) is 66.4 Å². The fourth-order valence-electron chi connectivity index (χ4n) is 3.51. The third-order valence-corrected chi connectivity index (χ3v) is 6.02. The predicted molar refractivity (Wildman–Crippen MR) is 126 cm³/mol. The molecule has 0 bridgehead atoms. The van der Waals surface area contributed by atoms with Crippen molar-refractivity contribution in [1.82, 2.24) is 9.13 Å². The molecule has 4 aromatic rings. The van der Waals surface area contributed by atoms with Gasteiger partial charge >= 0.3 is 5.69 Å². The van der Waals surface area contributed by atoms with Crippen LogP contribution < -0.4 is 21.5 Å². The summed E-state index contributed by atoms with van der Waals surface area (Å²) in [7, 11) is 3.84. The van der Waals surface area contributed by atoms with Crippen LogP contribution in [0.3, 0.4) is 0 Å². The number of hydrogen-bond donors (Lipinski definition) is 1. The van der Waals surface area contributed by atoms with Crippen molar-refractivity contribution >= 4 is 38.8 Å². The Kier molecular flexibility index (Phi) is 5.67. The van der Waals surface area contributed by atoms with Gasteiger partial charge in [-0.15, -0.1) is 11.3 Å². The first kappa shape index (κ1) is 21.5. The van der Waals surface area contributed by atoms with E-state index in [-0.39, 0.29) is 12.2 Å². The van der Waals surface area contributed by atoms with E-state index in [2.05, 4.69) is 5.32 Å². The van der Waals surface area contributed by atoms with Gasteiger partial charge in [-0.25, -0.2) is 13.8 Å². The Morgan fingerprint density at radius 3 is 2.47 bits per heavy atom. The van der Waals surface area contributed by atoms with Gasteiger partial charge in [-0.1, -0.05) is 0 Å². The number of carbonyl (C=O) groups excluding carboxylic acids is 1. The first-order valence-electron chi connectivity index (χ1n) is 9.83. The molecule has 0 fully saturated rings. The summed E-state index contributed by atoms with van der Waals surface area (Å²) in [6.07, 6.45) is 0. The van der Waals surface area contributed by atoms with Crippen LogP contribution in [-0.4, -0.2) is 29.1 Å². The van der Waals surface area contributed by atoms with Crippen LogP contribution in [0.25, 0.3) is 15.9 Å². The molecule has 164 valence electrons. The third kappa shape index (κ3) is 3.94. The fraction of sp³-hybridized carbons (Fsp3) is 0.174. The van der Waals surface area contributed by atoms with Gasteiger partial charge in [-0.3, -0.25) is 14.2 Å². The molecule has 0 radical (unpaired) electrons. The highest BCUT2D eigenvalue weighted by Gasteiger charge is 2.19. The van der Waals surface area contributed by atoms with Gasteiger partial charge in [0.15, 0.2) is 0 Å². The number of carbonyl (C=O) groups is 1. The summed E-state index contributed by atoms with van der Waals surface area (Å²) in [6, 6.07) is 12.8. The molecule has 0 unspecified atom stereocenters. The monoisotopic (exact) mass is 452 g/mol. The normalized spacial score (nSPS) is 11.0. The highest BCUT2D eigenvalue weighted by Crippen LogP contribution is 2.19. The van der Waals surface area contributed by atoms with Crippen LogP contribution in [0.1, 0.15) is 5.56 Å². The maximum atomic E-state index is 13.6. The van der Waals surface area contributed by atoms with Crippen LogP contribution in [0.4, 0.5) is 15.8 Å². The molecule has 1 amide bonds. The summed E-state index contributed by atoms with van der Waals surface area (Å²) in [5.41, 5.74) is 1.54. The largest absolute Gasteiger partial charge is 0.378 e. The summed E-state index contributed by atoms with van der Waals surface area (Å²) in [5.74, 6) is -0.866. The van der Waals surface area contributed by atoms with Crippen LogP contribution >= 0.6 is 11.3 Å². The van der Waals surface area contributed by atoms with E-state index >= 15 is 0 Å². The molecule has 9 heteroatoms. The minimum atomic E-state index is -0.659. The molecule has 0 atom stereocenters. The molecule has 0 aliphatic heterocycles. The van der Waals surface area contributed by atoms with E-state index in [1.165, 1.54) is 34.1 Å². The van der Waals surface area contributed by atoms with Gasteiger partial charge in [0.05, 0.1) is 11.2 Å². The van der Waals surface area contributed by atoms with E-state index < -0.39 is 23.0 Å². The van der Waals surface area contributed by atoms with Crippen LogP contribution in [0.5, 0.6) is 0 Å². The Balaban J connectivity index is 1.74. The zero-order chi connectivity index (χ0) is 23.0. The summed E-state index contributed by atoms with van der Waals surface area (Å²) >= 11 is 1.19. The van der Waals surface area contributed by atoms with Crippen molar-refractivity contribution in [3.63, 3.8) is 0 Å². The summed E-state index contributed by atoms with van der Waals surface area (Å²) in [5, 5.41) is 4.48. The van der Waals surface area contributed by atoms with Crippen molar-refractivity contribution in [3.8, 4) is 5.69 Å². The first-order valence-corrected chi connectivity index (χ1v) is 10.7. The van der Waals surface area contributed by atoms with Crippen LogP contribution in [0.15, 0.2) is 63.5 Å². The van der Waals surface area contributed by atoms with Gasteiger partial charge < -0.3 is 10.2 Å². The Labute approximate surface area is 187 Å². The number of aromatic nitrogens is 2. The van der Waals surface area contributed by atoms with E-state index in [1.807, 2.05) is 31.1 Å². The minimum Gasteiger partial charge on any atom is -0.378 e. The number of thiophene rings is 1. The molecular weight excluding hydrogens is 431 g/mol. The second-order valence-corrected chi connectivity index (χ2v) is 8.48. The molecule has 32 heavy (non-hydrogen) atoms. The van der Waals surface area contributed by atoms with Crippen LogP contribution in [0.2, 0.25) is 0 Å². The number of benzene rings is 2. The van der Waals surface area contributed by atoms with Crippen molar-refractivity contribution in [2.75, 3.05) is 24.3 Å². The number of rotatable bonds is 5. The maximum absolute atomic E-state index is 13.6. The molecule has 0 aliphatic rings. The number of amides is 1. The third-order valence-electron chi connectivity index (χ3n) is 5.12. The van der Waals surface area contributed by atoms with Crippen molar-refractivity contribution in [2.45, 2.75) is 13.5 Å². The summed E-state index contributed by atoms with van der Waals surface area (Å²) in [4.78, 5) is 41.0. The SMILES string of the molecule is Cc1cc(F)ccc1-n1c(=O)c2sccc2n(CC(=O)Nc2ccc(N(C)C)cc2)c1=O. The topological polar surface area (TPSA) is 76.3 Å². The number of nitrogens with one attached hydrogen (secondary N) is 1. The van der Waals surface area contributed by atoms with E-state index in [4.69, 9.17) is 0 Å². The molecule has 0 saturated heterocycles. The first-order chi connectivity index (χ1) is 15.3. The highest BCUT2D eigenvalue weighted by atomic mass is 32.1. The summed E-state index contributed by atoms with van der Waals surface area (Å²) in [6.45, 7) is 1.35. The number of anilines is 2. The Morgan fingerprint density at radius 1 is 1.09 bits per heavy atom. The lowest BCUT2D eigenvalue weighted by molar-refractivity contribution is -0.116. The Hall–Kier alpha value is -3.72. The van der Waals surface area contributed by atoms with Crippen LogP contribution in [-0.2, 0) is 11.3 Å². The lowest BCUT2D eigenvalue weighted by atomic mass is 10.2. The van der Waals surface area contributed by atoms with E-state index in [0.717, 1.165) is 10.3 Å². The zero-order valence-corrected chi connectivity index (χ0v) is 18.6. The number of nitrogens with zero attached hydrogens (tertiary/aromatic N) is 3. The van der Waals surface area contributed by atoms with Crippen molar-refractivity contribution < 1.29 is 9.18 Å². The number of fused-ring (bicyclic) bond motifs is 1. The zero-order valence-electron chi connectivity index (χ0n) is 17.8. The molecular formula is C23H21FN4O3S. The number of aryl methyl sites for hydroxylation is 1. The Morgan fingerprint density at radius 2 is 1.81 bits per heavy atom. The molecule has 7 nitrogen and oxygen atoms in total. The molecule has 2 heterocycles. The second kappa shape index (κ2) is 8.43. The Bertz CT molecular complexity index is 1430. The molecule has 2 aromatic carbocycles. The van der Waals surface area contributed by atoms with Gasteiger partial charge in [-0.2, -0.15) is 0 Å². The molecule has 4 rings (SSSR count). The van der Waals surface area contributed by atoms with E-state index in [9.17, 15) is 18.8 Å². The van der Waals surface area contributed by atoms with E-state index in [0.29, 0.717) is 21.5 Å². The van der Waals surface area contributed by atoms with Gasteiger partial charge in [0, 0.05) is 25.5 Å². The standard InChI is InChI=1S/C23H21FN4O3S/c1-14-12-15(24)4-9-18(14)28-22(30)21-19(10-11-32-21)27(23(28)31)13-20(29)25-16-5-7-17(8-6-16)26(2)3/h4-12H,13H2,1-3H3,(H,25,29). The van der Waals surface area contributed by atoms with Crippen molar-refractivity contribution in [2.24, 2.45) is 0 Å². The molecule has 0 saturated carbocycles. The average Bonchev–Trinajstić information content (AvgIpc) is 3.23. The van der Waals surface area contributed by atoms with Gasteiger partial charge in [0.25, 0.3) is 5.56 Å². The average molecular weight is 453 g/mol. The fourth-order valence-corrected chi connectivity index (χ4v) is 4.33. The van der Waals surface area contributed by atoms with Crippen molar-refractivity contribution in [3.05, 3.63) is 86.1 Å². The van der Waals surface area contributed by atoms with E-state index in [1.54, 1.807) is 30.5 Å². The van der Waals surface area contributed by atoms with Crippen molar-refractivity contribution in [1.29, 1.82) is 0 Å². The summed E-state index contributed by atoms with van der Waals surface area (Å²) < 4.78 is 16.2. The maximum Gasteiger partial charge on any atom is 0.336 e. The number of halogens is 1. The molecule has 0 aliphatic carbocycles. The smallest absolute Gasteiger partial charge is 0.336 e. The minimum absolute atomic E-state index is 0.276. The lowest BCUT2D eigenvalue weighted by Gasteiger charge is -2.15. The van der Waals surface area contributed by atoms with Crippen LogP contribution in [0, 0.1) is 12.7 Å². The quantitative estimate of drug-likeness (QED) is 0.504. The second-order valence-electron chi connectivity index (χ2n) is 7.56. The predicted octanol–water partition coefficient (Wildman–Crippen LogP) is 3.37. The van der Waals surface area contributed by atoms with Gasteiger partial charge in [0.2, 0.25) is 5.91 Å². The molecule has 2 aromatic heterocycles. The van der Waals surface area contributed by atoms with Gasteiger partial charge in [0.1, 0.15) is 17.1 Å². The number of hydrogen-bond acceptors (Lipinski definition) is 5. The lowest BCUT2D eigenvalue weighted by Crippen LogP contribution is -2.40.